The van der Waals surface area contributed by atoms with Crippen molar-refractivity contribution < 1.29 is 4.74 Å². The van der Waals surface area contributed by atoms with Gasteiger partial charge in [-0.25, -0.2) is 0 Å². The molecule has 0 unspecified atom stereocenters. The van der Waals surface area contributed by atoms with Gasteiger partial charge in [-0.05, 0) is 55.7 Å². The van der Waals surface area contributed by atoms with E-state index < -0.39 is 0 Å². The zero-order valence-corrected chi connectivity index (χ0v) is 11.2. The first-order valence-electron chi connectivity index (χ1n) is 6.33. The molecule has 0 aliphatic rings. The lowest BCUT2D eigenvalue weighted by molar-refractivity contribution is 0.306. The molecule has 0 radical (unpaired) electrons. The summed E-state index contributed by atoms with van der Waals surface area (Å²) < 4.78 is 5.77. The molecule has 94 valence electrons. The van der Waals surface area contributed by atoms with Crippen LogP contribution in [0.4, 0.5) is 0 Å². The summed E-state index contributed by atoms with van der Waals surface area (Å²) in [6.07, 6.45) is 1.06. The standard InChI is InChI=1S/C16H19NO/c1-4-14-5-7-16(8-6-14)18-11-15-9-12(2)17-13(3)10-15/h5-10H,4,11H2,1-3H3. The molecule has 1 aromatic carbocycles. The lowest BCUT2D eigenvalue weighted by Gasteiger charge is -2.08. The predicted molar refractivity (Wildman–Crippen MR) is 73.9 cm³/mol. The van der Waals surface area contributed by atoms with Crippen LogP contribution in [0.3, 0.4) is 0 Å². The maximum Gasteiger partial charge on any atom is 0.119 e. The van der Waals surface area contributed by atoms with E-state index in [1.54, 1.807) is 0 Å². The lowest BCUT2D eigenvalue weighted by atomic mass is 10.2. The molecule has 2 nitrogen and oxygen atoms in total. The largest absolute Gasteiger partial charge is 0.489 e. The Labute approximate surface area is 109 Å². The molecule has 0 fully saturated rings. The van der Waals surface area contributed by atoms with Gasteiger partial charge in [0.15, 0.2) is 0 Å². The summed E-state index contributed by atoms with van der Waals surface area (Å²) in [6.45, 7) is 6.76. The van der Waals surface area contributed by atoms with Crippen molar-refractivity contribution in [1.82, 2.24) is 4.98 Å². The van der Waals surface area contributed by atoms with Gasteiger partial charge in [-0.2, -0.15) is 0 Å². The highest BCUT2D eigenvalue weighted by atomic mass is 16.5. The molecule has 0 aliphatic heterocycles. The van der Waals surface area contributed by atoms with Crippen molar-refractivity contribution in [3.63, 3.8) is 0 Å². The van der Waals surface area contributed by atoms with Gasteiger partial charge in [0, 0.05) is 11.4 Å². The van der Waals surface area contributed by atoms with Crippen molar-refractivity contribution in [1.29, 1.82) is 0 Å². The van der Waals surface area contributed by atoms with Gasteiger partial charge in [-0.1, -0.05) is 19.1 Å². The number of aromatic nitrogens is 1. The number of rotatable bonds is 4. The summed E-state index contributed by atoms with van der Waals surface area (Å²) >= 11 is 0. The third-order valence-corrected chi connectivity index (χ3v) is 2.88. The quantitative estimate of drug-likeness (QED) is 0.811. The van der Waals surface area contributed by atoms with E-state index in [4.69, 9.17) is 4.74 Å². The van der Waals surface area contributed by atoms with Gasteiger partial charge in [-0.15, -0.1) is 0 Å². The van der Waals surface area contributed by atoms with Crippen LogP contribution < -0.4 is 4.74 Å². The van der Waals surface area contributed by atoms with Gasteiger partial charge >= 0.3 is 0 Å². The topological polar surface area (TPSA) is 22.1 Å². The second-order valence-corrected chi connectivity index (χ2v) is 4.54. The Hall–Kier alpha value is -1.83. The van der Waals surface area contributed by atoms with Crippen molar-refractivity contribution in [3.05, 3.63) is 58.9 Å². The average Bonchev–Trinajstić information content (AvgIpc) is 2.36. The molecule has 0 N–H and O–H groups in total. The molecule has 0 atom stereocenters. The monoisotopic (exact) mass is 241 g/mol. The van der Waals surface area contributed by atoms with Gasteiger partial charge in [0.05, 0.1) is 0 Å². The van der Waals surface area contributed by atoms with Crippen LogP contribution >= 0.6 is 0 Å². The first-order chi connectivity index (χ1) is 8.67. The highest BCUT2D eigenvalue weighted by Crippen LogP contribution is 2.15. The third kappa shape index (κ3) is 3.33. The average molecular weight is 241 g/mol. The fourth-order valence-electron chi connectivity index (χ4n) is 1.99. The number of hydrogen-bond acceptors (Lipinski definition) is 2. The SMILES string of the molecule is CCc1ccc(OCc2cc(C)nc(C)c2)cc1. The highest BCUT2D eigenvalue weighted by Gasteiger charge is 1.99. The smallest absolute Gasteiger partial charge is 0.119 e. The van der Waals surface area contributed by atoms with Crippen LogP contribution in [0.15, 0.2) is 36.4 Å². The van der Waals surface area contributed by atoms with Gasteiger partial charge in [0.1, 0.15) is 12.4 Å². The van der Waals surface area contributed by atoms with Crippen molar-refractivity contribution in [2.75, 3.05) is 0 Å². The molecule has 1 aromatic heterocycles. The fourth-order valence-corrected chi connectivity index (χ4v) is 1.99. The number of benzene rings is 1. The maximum absolute atomic E-state index is 5.77. The second-order valence-electron chi connectivity index (χ2n) is 4.54. The molecule has 1 heterocycles. The van der Waals surface area contributed by atoms with Crippen molar-refractivity contribution in [2.24, 2.45) is 0 Å². The summed E-state index contributed by atoms with van der Waals surface area (Å²) in [6, 6.07) is 12.4. The summed E-state index contributed by atoms with van der Waals surface area (Å²) in [4.78, 5) is 4.36. The molecule has 2 aromatic rings. The minimum Gasteiger partial charge on any atom is -0.489 e. The number of pyridine rings is 1. The minimum absolute atomic E-state index is 0.593. The predicted octanol–water partition coefficient (Wildman–Crippen LogP) is 3.84. The zero-order valence-electron chi connectivity index (χ0n) is 11.2. The van der Waals surface area contributed by atoms with Crippen LogP contribution in [0, 0.1) is 13.8 Å². The van der Waals surface area contributed by atoms with E-state index in [9.17, 15) is 0 Å². The molecule has 0 saturated heterocycles. The zero-order chi connectivity index (χ0) is 13.0. The Morgan fingerprint density at radius 1 is 0.944 bits per heavy atom. The Kier molecular flexibility index (Phi) is 3.98. The normalized spacial score (nSPS) is 10.4. The Bertz CT molecular complexity index is 497. The van der Waals surface area contributed by atoms with Crippen molar-refractivity contribution in [2.45, 2.75) is 33.8 Å². The van der Waals surface area contributed by atoms with Crippen LogP contribution in [-0.2, 0) is 13.0 Å². The molecular formula is C16H19NO. The van der Waals surface area contributed by atoms with Crippen LogP contribution in [0.2, 0.25) is 0 Å². The van der Waals surface area contributed by atoms with E-state index in [-0.39, 0.29) is 0 Å². The Morgan fingerprint density at radius 2 is 1.56 bits per heavy atom. The summed E-state index contributed by atoms with van der Waals surface area (Å²) in [7, 11) is 0. The van der Waals surface area contributed by atoms with Gasteiger partial charge in [0.25, 0.3) is 0 Å². The van der Waals surface area contributed by atoms with Crippen LogP contribution in [0.5, 0.6) is 5.75 Å². The minimum atomic E-state index is 0.593. The molecular weight excluding hydrogens is 222 g/mol. The van der Waals surface area contributed by atoms with Crippen LogP contribution in [-0.4, -0.2) is 4.98 Å². The molecule has 0 spiro atoms. The second kappa shape index (κ2) is 5.67. The summed E-state index contributed by atoms with van der Waals surface area (Å²) in [5.41, 5.74) is 4.57. The molecule has 0 bridgehead atoms. The van der Waals surface area contributed by atoms with Crippen molar-refractivity contribution >= 4 is 0 Å². The lowest BCUT2D eigenvalue weighted by Crippen LogP contribution is -1.98. The molecule has 2 heteroatoms. The van der Waals surface area contributed by atoms with E-state index in [0.29, 0.717) is 6.61 Å². The van der Waals surface area contributed by atoms with E-state index in [1.165, 1.54) is 11.1 Å². The fraction of sp³-hybridized carbons (Fsp3) is 0.312. The summed E-state index contributed by atoms with van der Waals surface area (Å²) in [5, 5.41) is 0. The van der Waals surface area contributed by atoms with Gasteiger partial charge in [0.2, 0.25) is 0 Å². The highest BCUT2D eigenvalue weighted by molar-refractivity contribution is 5.28. The third-order valence-electron chi connectivity index (χ3n) is 2.88. The molecule has 18 heavy (non-hydrogen) atoms. The van der Waals surface area contributed by atoms with Crippen LogP contribution in [0.1, 0.15) is 29.4 Å². The molecule has 0 aliphatic carbocycles. The van der Waals surface area contributed by atoms with Crippen molar-refractivity contribution in [3.8, 4) is 5.75 Å². The van der Waals surface area contributed by atoms with Gasteiger partial charge in [-0.3, -0.25) is 4.98 Å². The van der Waals surface area contributed by atoms with E-state index in [1.807, 2.05) is 26.0 Å². The van der Waals surface area contributed by atoms with E-state index in [2.05, 4.69) is 36.2 Å². The maximum atomic E-state index is 5.77. The van der Waals surface area contributed by atoms with E-state index >= 15 is 0 Å². The van der Waals surface area contributed by atoms with Gasteiger partial charge < -0.3 is 4.74 Å². The first kappa shape index (κ1) is 12.6. The molecule has 0 amide bonds. The Balaban J connectivity index is 2.01. The molecule has 0 saturated carbocycles. The number of ether oxygens (including phenoxy) is 1. The number of nitrogens with zero attached hydrogens (tertiary/aromatic N) is 1. The van der Waals surface area contributed by atoms with E-state index in [0.717, 1.165) is 23.6 Å². The summed E-state index contributed by atoms with van der Waals surface area (Å²) in [5.74, 6) is 0.916. The van der Waals surface area contributed by atoms with Crippen LogP contribution in [0.25, 0.3) is 0 Å². The first-order valence-corrected chi connectivity index (χ1v) is 6.33. The number of aryl methyl sites for hydroxylation is 3. The molecule has 2 rings (SSSR count). The number of hydrogen-bond donors (Lipinski definition) is 0. The Morgan fingerprint density at radius 3 is 2.11 bits per heavy atom.